The number of aromatic hydroxyl groups is 2. The van der Waals surface area contributed by atoms with Crippen LogP contribution in [-0.4, -0.2) is 39.3 Å². The average molecular weight is 334 g/mol. The van der Waals surface area contributed by atoms with Gasteiger partial charge in [-0.25, -0.2) is 4.79 Å². The van der Waals surface area contributed by atoms with E-state index in [1.165, 1.54) is 18.2 Å². The second-order valence-electron chi connectivity index (χ2n) is 6.04. The summed E-state index contributed by atoms with van der Waals surface area (Å²) in [7, 11) is 0. The Balaban J connectivity index is 2.37. The topological polar surface area (TPSA) is 104 Å². The van der Waals surface area contributed by atoms with Gasteiger partial charge in [0.2, 0.25) is 0 Å². The monoisotopic (exact) mass is 334 g/mol. The first-order valence-corrected chi connectivity index (χ1v) is 8.01. The number of esters is 1. The molecule has 2 atom stereocenters. The summed E-state index contributed by atoms with van der Waals surface area (Å²) in [6.07, 6.45) is 3.67. The van der Waals surface area contributed by atoms with Gasteiger partial charge in [0, 0.05) is 18.9 Å². The van der Waals surface area contributed by atoms with Gasteiger partial charge in [0.25, 0.3) is 0 Å². The van der Waals surface area contributed by atoms with E-state index >= 15 is 0 Å². The minimum atomic E-state index is -0.857. The molecule has 6 nitrogen and oxygen atoms in total. The molecule has 0 fully saturated rings. The molecule has 0 aliphatic carbocycles. The van der Waals surface area contributed by atoms with Crippen molar-refractivity contribution in [2.45, 2.75) is 51.2 Å². The maximum atomic E-state index is 12.3. The number of cyclic esters (lactones) is 1. The maximum Gasteiger partial charge on any atom is 0.342 e. The van der Waals surface area contributed by atoms with Crippen LogP contribution < -0.4 is 0 Å². The Bertz CT molecular complexity index is 649. The van der Waals surface area contributed by atoms with Crippen LogP contribution in [0.1, 0.15) is 54.9 Å². The molecule has 0 aromatic heterocycles. The van der Waals surface area contributed by atoms with Gasteiger partial charge in [0.15, 0.2) is 0 Å². The molecule has 0 bridgehead atoms. The van der Waals surface area contributed by atoms with Crippen LogP contribution in [0.2, 0.25) is 0 Å². The molecule has 130 valence electrons. The highest BCUT2D eigenvalue weighted by molar-refractivity contribution is 5.97. The van der Waals surface area contributed by atoms with Crippen molar-refractivity contribution in [2.75, 3.05) is 0 Å². The van der Waals surface area contributed by atoms with Crippen molar-refractivity contribution in [3.63, 3.8) is 0 Å². The van der Waals surface area contributed by atoms with E-state index in [1.807, 2.05) is 0 Å². The van der Waals surface area contributed by atoms with E-state index in [1.54, 1.807) is 6.92 Å². The minimum absolute atomic E-state index is 0.0590. The Morgan fingerprint density at radius 1 is 1.12 bits per heavy atom. The number of carbonyl (C=O) groups excluding carboxylic acids is 2. The summed E-state index contributed by atoms with van der Waals surface area (Å²) in [5.74, 6) is -1.24. The molecule has 1 aromatic carbocycles. The molecule has 1 aromatic rings. The van der Waals surface area contributed by atoms with Crippen molar-refractivity contribution >= 4 is 17.8 Å². The van der Waals surface area contributed by atoms with Crippen LogP contribution >= 0.6 is 0 Å². The standard InChI is InChI=1S/C18H22O6/c1-11-3-2-4-13(19)7-8-14(20)6-5-12-9-15(21)10-16(22)17(12)18(23)24-11/h5-6,9-11,14,20-22H,2-4,7-8H2,1H3/b6-5+/t11-,14?/m0/s1. The molecule has 0 amide bonds. The van der Waals surface area contributed by atoms with E-state index in [9.17, 15) is 24.9 Å². The van der Waals surface area contributed by atoms with Crippen molar-refractivity contribution in [3.8, 4) is 11.5 Å². The Hall–Kier alpha value is -2.34. The van der Waals surface area contributed by atoms with Crippen LogP contribution in [0.25, 0.3) is 6.08 Å². The SMILES string of the molecule is C[C@H]1CCCC(=O)CCC(O)/C=C/c2cc(O)cc(O)c2C(=O)O1. The summed E-state index contributed by atoms with van der Waals surface area (Å²) >= 11 is 0. The third kappa shape index (κ3) is 4.83. The lowest BCUT2D eigenvalue weighted by Gasteiger charge is -2.16. The number of fused-ring (bicyclic) bond motifs is 1. The third-order valence-electron chi connectivity index (χ3n) is 3.93. The number of aliphatic hydroxyl groups is 1. The Labute approximate surface area is 140 Å². The zero-order chi connectivity index (χ0) is 17.7. The van der Waals surface area contributed by atoms with E-state index in [4.69, 9.17) is 4.74 Å². The molecular weight excluding hydrogens is 312 g/mol. The number of ether oxygens (including phenoxy) is 1. The molecular formula is C18H22O6. The number of benzene rings is 1. The number of phenolic OH excluding ortho intramolecular Hbond substituents is 2. The lowest BCUT2D eigenvalue weighted by atomic mass is 10.0. The predicted octanol–water partition coefficient (Wildman–Crippen LogP) is 2.55. The first kappa shape index (κ1) is 18.0. The van der Waals surface area contributed by atoms with Gasteiger partial charge in [-0.2, -0.15) is 0 Å². The normalized spacial score (nSPS) is 24.6. The maximum absolute atomic E-state index is 12.3. The van der Waals surface area contributed by atoms with Gasteiger partial charge >= 0.3 is 5.97 Å². The van der Waals surface area contributed by atoms with Crippen molar-refractivity contribution in [2.24, 2.45) is 0 Å². The predicted molar refractivity (Wildman–Crippen MR) is 87.8 cm³/mol. The van der Waals surface area contributed by atoms with Crippen molar-refractivity contribution in [3.05, 3.63) is 29.3 Å². The fourth-order valence-electron chi connectivity index (χ4n) is 2.62. The summed E-state index contributed by atoms with van der Waals surface area (Å²) < 4.78 is 5.32. The Morgan fingerprint density at radius 3 is 2.62 bits per heavy atom. The van der Waals surface area contributed by atoms with E-state index < -0.39 is 18.2 Å². The van der Waals surface area contributed by atoms with Gasteiger partial charge < -0.3 is 20.1 Å². The van der Waals surface area contributed by atoms with Gasteiger partial charge in [-0.3, -0.25) is 4.79 Å². The van der Waals surface area contributed by atoms with E-state index in [2.05, 4.69) is 0 Å². The molecule has 24 heavy (non-hydrogen) atoms. The van der Waals surface area contributed by atoms with Gasteiger partial charge in [0.1, 0.15) is 22.8 Å². The summed E-state index contributed by atoms with van der Waals surface area (Å²) in [6.45, 7) is 1.73. The molecule has 1 heterocycles. The van der Waals surface area contributed by atoms with Gasteiger partial charge in [-0.05, 0) is 37.8 Å². The second kappa shape index (κ2) is 7.97. The third-order valence-corrected chi connectivity index (χ3v) is 3.93. The summed E-state index contributed by atoms with van der Waals surface area (Å²) in [4.78, 5) is 24.1. The number of aliphatic hydroxyl groups excluding tert-OH is 1. The van der Waals surface area contributed by atoms with Crippen LogP contribution in [0, 0.1) is 0 Å². The van der Waals surface area contributed by atoms with Gasteiger partial charge in [0.05, 0.1) is 12.2 Å². The molecule has 3 N–H and O–H groups in total. The quantitative estimate of drug-likeness (QED) is 0.630. The summed E-state index contributed by atoms with van der Waals surface area (Å²) in [5, 5.41) is 29.6. The number of hydrogen-bond acceptors (Lipinski definition) is 6. The number of hydrogen-bond donors (Lipinski definition) is 3. The average Bonchev–Trinajstić information content (AvgIpc) is 2.49. The molecule has 0 spiro atoms. The lowest BCUT2D eigenvalue weighted by molar-refractivity contribution is -0.119. The highest BCUT2D eigenvalue weighted by atomic mass is 16.5. The summed E-state index contributed by atoms with van der Waals surface area (Å²) in [6, 6.07) is 2.37. The smallest absolute Gasteiger partial charge is 0.342 e. The van der Waals surface area contributed by atoms with E-state index in [0.717, 1.165) is 6.07 Å². The Kier molecular flexibility index (Phi) is 5.98. The first-order valence-electron chi connectivity index (χ1n) is 8.01. The van der Waals surface area contributed by atoms with Crippen LogP contribution in [0.5, 0.6) is 11.5 Å². The Morgan fingerprint density at radius 2 is 1.88 bits per heavy atom. The zero-order valence-electron chi connectivity index (χ0n) is 13.6. The van der Waals surface area contributed by atoms with Gasteiger partial charge in [-0.15, -0.1) is 0 Å². The number of phenols is 2. The zero-order valence-corrected chi connectivity index (χ0v) is 13.6. The number of rotatable bonds is 0. The first-order chi connectivity index (χ1) is 11.4. The molecule has 1 aliphatic heterocycles. The molecule has 1 unspecified atom stereocenters. The minimum Gasteiger partial charge on any atom is -0.508 e. The molecule has 0 saturated heterocycles. The molecule has 6 heteroatoms. The highest BCUT2D eigenvalue weighted by Gasteiger charge is 2.21. The fraction of sp³-hybridized carbons (Fsp3) is 0.444. The second-order valence-corrected chi connectivity index (χ2v) is 6.04. The number of Topliss-reactive ketones (excluding diaryl/α,β-unsaturated/α-hetero) is 1. The summed E-state index contributed by atoms with van der Waals surface area (Å²) in [5.41, 5.74) is 0.184. The number of carbonyl (C=O) groups is 2. The molecule has 0 saturated carbocycles. The fourth-order valence-corrected chi connectivity index (χ4v) is 2.62. The van der Waals surface area contributed by atoms with Crippen LogP contribution in [0.3, 0.4) is 0 Å². The van der Waals surface area contributed by atoms with Crippen molar-refractivity contribution in [1.29, 1.82) is 0 Å². The van der Waals surface area contributed by atoms with Crippen LogP contribution in [0.4, 0.5) is 0 Å². The van der Waals surface area contributed by atoms with Crippen LogP contribution in [-0.2, 0) is 9.53 Å². The van der Waals surface area contributed by atoms with Crippen molar-refractivity contribution in [1.82, 2.24) is 0 Å². The molecule has 2 rings (SSSR count). The molecule has 0 radical (unpaired) electrons. The molecule has 1 aliphatic rings. The van der Waals surface area contributed by atoms with Gasteiger partial charge in [-0.1, -0.05) is 12.2 Å². The van der Waals surface area contributed by atoms with E-state index in [-0.39, 0.29) is 41.3 Å². The lowest BCUT2D eigenvalue weighted by Crippen LogP contribution is -2.17. The van der Waals surface area contributed by atoms with Crippen molar-refractivity contribution < 1.29 is 29.6 Å². The number of ketones is 1. The van der Waals surface area contributed by atoms with Crippen LogP contribution in [0.15, 0.2) is 18.2 Å². The largest absolute Gasteiger partial charge is 0.508 e. The van der Waals surface area contributed by atoms with E-state index in [0.29, 0.717) is 19.3 Å². The highest BCUT2D eigenvalue weighted by Crippen LogP contribution is 2.30.